The van der Waals surface area contributed by atoms with Crippen LogP contribution in [-0.4, -0.2) is 28.5 Å². The number of hydrogen-bond acceptors (Lipinski definition) is 4. The molecule has 2 aromatic carbocycles. The summed E-state index contributed by atoms with van der Waals surface area (Å²) in [5.41, 5.74) is 0.906. The Morgan fingerprint density at radius 2 is 2.00 bits per heavy atom. The number of hydrogen-bond donors (Lipinski definition) is 3. The molecule has 0 saturated carbocycles. The Morgan fingerprint density at radius 3 is 2.63 bits per heavy atom. The number of rotatable bonds is 5. The quantitative estimate of drug-likeness (QED) is 0.578. The fourth-order valence-electron chi connectivity index (χ4n) is 1.92. The van der Waals surface area contributed by atoms with Gasteiger partial charge in [0.25, 0.3) is 0 Å². The second-order valence-electron chi connectivity index (χ2n) is 4.03. The summed E-state index contributed by atoms with van der Waals surface area (Å²) in [6.07, 6.45) is 0. The SMILES string of the molecule is CCNc1cc(SCC(=O)O)c(O)c2ccccc12. The van der Waals surface area contributed by atoms with E-state index in [1.807, 2.05) is 31.2 Å². The number of phenolic OH excluding ortho intramolecular Hbond substituents is 1. The Morgan fingerprint density at radius 1 is 1.32 bits per heavy atom. The van der Waals surface area contributed by atoms with Gasteiger partial charge in [0.2, 0.25) is 0 Å². The van der Waals surface area contributed by atoms with Crippen molar-refractivity contribution in [2.45, 2.75) is 11.8 Å². The number of fused-ring (bicyclic) bond motifs is 1. The van der Waals surface area contributed by atoms with Crippen molar-refractivity contribution in [2.75, 3.05) is 17.6 Å². The molecule has 19 heavy (non-hydrogen) atoms. The number of phenols is 1. The van der Waals surface area contributed by atoms with E-state index in [0.717, 1.165) is 34.8 Å². The van der Waals surface area contributed by atoms with Crippen molar-refractivity contribution in [2.24, 2.45) is 0 Å². The second-order valence-corrected chi connectivity index (χ2v) is 5.05. The van der Waals surface area contributed by atoms with Crippen LogP contribution in [0, 0.1) is 0 Å². The molecule has 3 N–H and O–H groups in total. The average molecular weight is 277 g/mol. The van der Waals surface area contributed by atoms with Crippen LogP contribution in [0.4, 0.5) is 5.69 Å². The van der Waals surface area contributed by atoms with Gasteiger partial charge >= 0.3 is 5.97 Å². The predicted octanol–water partition coefficient (Wildman–Crippen LogP) is 3.15. The molecule has 4 nitrogen and oxygen atoms in total. The third-order valence-electron chi connectivity index (χ3n) is 2.70. The zero-order valence-electron chi connectivity index (χ0n) is 10.5. The largest absolute Gasteiger partial charge is 0.506 e. The van der Waals surface area contributed by atoms with E-state index in [2.05, 4.69) is 5.32 Å². The Kier molecular flexibility index (Phi) is 4.16. The van der Waals surface area contributed by atoms with E-state index in [0.29, 0.717) is 4.90 Å². The van der Waals surface area contributed by atoms with Crippen LogP contribution >= 0.6 is 11.8 Å². The summed E-state index contributed by atoms with van der Waals surface area (Å²) in [7, 11) is 0. The van der Waals surface area contributed by atoms with Crippen LogP contribution in [0.1, 0.15) is 6.92 Å². The zero-order chi connectivity index (χ0) is 13.8. The minimum atomic E-state index is -0.900. The molecule has 100 valence electrons. The lowest BCUT2D eigenvalue weighted by molar-refractivity contribution is -0.133. The third kappa shape index (κ3) is 2.93. The van der Waals surface area contributed by atoms with E-state index in [9.17, 15) is 9.90 Å². The van der Waals surface area contributed by atoms with Crippen molar-refractivity contribution in [3.05, 3.63) is 30.3 Å². The van der Waals surface area contributed by atoms with Crippen LogP contribution in [0.15, 0.2) is 35.2 Å². The normalized spacial score (nSPS) is 10.6. The lowest BCUT2D eigenvalue weighted by atomic mass is 10.1. The van der Waals surface area contributed by atoms with Crippen molar-refractivity contribution < 1.29 is 15.0 Å². The Labute approximate surface area is 115 Å². The minimum Gasteiger partial charge on any atom is -0.506 e. The molecule has 2 rings (SSSR count). The first kappa shape index (κ1) is 13.5. The highest BCUT2D eigenvalue weighted by molar-refractivity contribution is 8.00. The Hall–Kier alpha value is -1.88. The molecular formula is C14H15NO3S. The summed E-state index contributed by atoms with van der Waals surface area (Å²) in [4.78, 5) is 11.2. The van der Waals surface area contributed by atoms with Gasteiger partial charge in [-0.05, 0) is 13.0 Å². The number of nitrogens with one attached hydrogen (secondary N) is 1. The lowest BCUT2D eigenvalue weighted by Crippen LogP contribution is -2.00. The smallest absolute Gasteiger partial charge is 0.313 e. The fourth-order valence-corrected chi connectivity index (χ4v) is 2.65. The number of carboxylic acids is 1. The van der Waals surface area contributed by atoms with Gasteiger partial charge in [-0.15, -0.1) is 11.8 Å². The van der Waals surface area contributed by atoms with Gasteiger partial charge in [-0.25, -0.2) is 0 Å². The molecule has 0 aliphatic carbocycles. The van der Waals surface area contributed by atoms with Crippen molar-refractivity contribution in [1.82, 2.24) is 0 Å². The van der Waals surface area contributed by atoms with Gasteiger partial charge < -0.3 is 15.5 Å². The van der Waals surface area contributed by atoms with Crippen LogP contribution in [0.3, 0.4) is 0 Å². The first-order valence-corrected chi connectivity index (χ1v) is 6.95. The summed E-state index contributed by atoms with van der Waals surface area (Å²) in [5.74, 6) is -0.830. The number of anilines is 1. The molecule has 0 bridgehead atoms. The van der Waals surface area contributed by atoms with Crippen molar-refractivity contribution in [3.8, 4) is 5.75 Å². The highest BCUT2D eigenvalue weighted by atomic mass is 32.2. The van der Waals surface area contributed by atoms with E-state index >= 15 is 0 Å². The van der Waals surface area contributed by atoms with E-state index in [-0.39, 0.29) is 11.5 Å². The summed E-state index contributed by atoms with van der Waals surface area (Å²) >= 11 is 1.12. The molecule has 0 fully saturated rings. The molecule has 0 heterocycles. The Bertz CT molecular complexity index is 613. The van der Waals surface area contributed by atoms with Crippen LogP contribution in [0.5, 0.6) is 5.75 Å². The van der Waals surface area contributed by atoms with Crippen LogP contribution in [-0.2, 0) is 4.79 Å². The average Bonchev–Trinajstić information content (AvgIpc) is 2.40. The monoisotopic (exact) mass is 277 g/mol. The van der Waals surface area contributed by atoms with Gasteiger partial charge in [0.1, 0.15) is 5.75 Å². The molecule has 0 atom stereocenters. The van der Waals surface area contributed by atoms with Crippen molar-refractivity contribution >= 4 is 34.2 Å². The van der Waals surface area contributed by atoms with Gasteiger partial charge in [0, 0.05) is 23.0 Å². The lowest BCUT2D eigenvalue weighted by Gasteiger charge is -2.13. The van der Waals surface area contributed by atoms with E-state index in [4.69, 9.17) is 5.11 Å². The number of thioether (sulfide) groups is 1. The summed E-state index contributed by atoms with van der Waals surface area (Å²) in [5, 5.41) is 23.8. The topological polar surface area (TPSA) is 69.6 Å². The number of carbonyl (C=O) groups is 1. The number of aromatic hydroxyl groups is 1. The van der Waals surface area contributed by atoms with E-state index in [1.165, 1.54) is 0 Å². The zero-order valence-corrected chi connectivity index (χ0v) is 11.3. The fraction of sp³-hybridized carbons (Fsp3) is 0.214. The van der Waals surface area contributed by atoms with Gasteiger partial charge in [0.05, 0.1) is 10.6 Å². The standard InChI is InChI=1S/C14H15NO3S/c1-2-15-11-7-12(19-8-13(16)17)14(18)10-6-4-3-5-9(10)11/h3-7,15,18H,2,8H2,1H3,(H,16,17). The van der Waals surface area contributed by atoms with Crippen LogP contribution in [0.25, 0.3) is 10.8 Å². The van der Waals surface area contributed by atoms with Crippen LogP contribution < -0.4 is 5.32 Å². The van der Waals surface area contributed by atoms with E-state index < -0.39 is 5.97 Å². The maximum atomic E-state index is 10.6. The summed E-state index contributed by atoms with van der Waals surface area (Å²) in [6.45, 7) is 2.75. The van der Waals surface area contributed by atoms with Gasteiger partial charge in [0.15, 0.2) is 0 Å². The van der Waals surface area contributed by atoms with Crippen molar-refractivity contribution in [3.63, 3.8) is 0 Å². The molecule has 0 unspecified atom stereocenters. The maximum absolute atomic E-state index is 10.6. The van der Waals surface area contributed by atoms with E-state index in [1.54, 1.807) is 6.07 Å². The van der Waals surface area contributed by atoms with Gasteiger partial charge in [-0.2, -0.15) is 0 Å². The minimum absolute atomic E-state index is 0.0720. The highest BCUT2D eigenvalue weighted by Crippen LogP contribution is 2.39. The maximum Gasteiger partial charge on any atom is 0.313 e. The summed E-state index contributed by atoms with van der Waals surface area (Å²) in [6, 6.07) is 9.32. The number of benzene rings is 2. The van der Waals surface area contributed by atoms with Gasteiger partial charge in [-0.1, -0.05) is 24.3 Å². The first-order chi connectivity index (χ1) is 9.13. The molecule has 5 heteroatoms. The molecular weight excluding hydrogens is 262 g/mol. The molecule has 0 saturated heterocycles. The molecule has 0 amide bonds. The molecule has 0 aliphatic heterocycles. The third-order valence-corrected chi connectivity index (χ3v) is 3.71. The molecule has 2 aromatic rings. The molecule has 0 aliphatic rings. The Balaban J connectivity index is 2.52. The summed E-state index contributed by atoms with van der Waals surface area (Å²) < 4.78 is 0. The van der Waals surface area contributed by atoms with Gasteiger partial charge in [-0.3, -0.25) is 4.79 Å². The predicted molar refractivity (Wildman–Crippen MR) is 78.1 cm³/mol. The molecule has 0 spiro atoms. The molecule has 0 radical (unpaired) electrons. The highest BCUT2D eigenvalue weighted by Gasteiger charge is 2.12. The first-order valence-electron chi connectivity index (χ1n) is 5.96. The number of carboxylic acid groups (broad SMARTS) is 1. The number of aliphatic carboxylic acids is 1. The second kappa shape index (κ2) is 5.84. The van der Waals surface area contributed by atoms with Crippen molar-refractivity contribution in [1.29, 1.82) is 0 Å². The van der Waals surface area contributed by atoms with Crippen LogP contribution in [0.2, 0.25) is 0 Å². The molecule has 0 aromatic heterocycles.